The van der Waals surface area contributed by atoms with Crippen LogP contribution in [0.25, 0.3) is 0 Å². The van der Waals surface area contributed by atoms with Gasteiger partial charge in [-0.3, -0.25) is 10.1 Å². The lowest BCUT2D eigenvalue weighted by Crippen LogP contribution is -2.18. The summed E-state index contributed by atoms with van der Waals surface area (Å²) < 4.78 is 0.741. The van der Waals surface area contributed by atoms with Crippen LogP contribution in [0.3, 0.4) is 0 Å². The van der Waals surface area contributed by atoms with Crippen molar-refractivity contribution >= 4 is 27.3 Å². The van der Waals surface area contributed by atoms with Crippen molar-refractivity contribution < 1.29 is 4.92 Å². The van der Waals surface area contributed by atoms with Crippen molar-refractivity contribution in [3.63, 3.8) is 0 Å². The Bertz CT molecular complexity index is 486. The molecule has 2 fully saturated rings. The first-order valence-electron chi connectivity index (χ1n) is 6.83. The van der Waals surface area contributed by atoms with Crippen molar-refractivity contribution in [2.24, 2.45) is 17.8 Å². The molecular formula is C14H17BrN2O2. The average Bonchev–Trinajstić information content (AvgIpc) is 3.25. The Balaban J connectivity index is 1.70. The number of halogens is 1. The second-order valence-corrected chi connectivity index (χ2v) is 6.55. The number of nitrogens with one attached hydrogen (secondary N) is 1. The van der Waals surface area contributed by atoms with Gasteiger partial charge in [0.2, 0.25) is 0 Å². The van der Waals surface area contributed by atoms with E-state index in [-0.39, 0.29) is 10.6 Å². The Labute approximate surface area is 120 Å². The lowest BCUT2D eigenvalue weighted by molar-refractivity contribution is -0.384. The molecule has 0 heterocycles. The molecule has 0 amide bonds. The maximum Gasteiger partial charge on any atom is 0.293 e. The van der Waals surface area contributed by atoms with Gasteiger partial charge in [-0.1, -0.05) is 15.9 Å². The van der Waals surface area contributed by atoms with Crippen LogP contribution in [0.2, 0.25) is 0 Å². The van der Waals surface area contributed by atoms with Crippen LogP contribution in [-0.4, -0.2) is 11.5 Å². The normalized spacial score (nSPS) is 18.6. The maximum absolute atomic E-state index is 11.1. The zero-order valence-corrected chi connectivity index (χ0v) is 12.2. The fourth-order valence-electron chi connectivity index (χ4n) is 2.80. The molecule has 0 aliphatic heterocycles. The fraction of sp³-hybridized carbons (Fsp3) is 0.571. The molecule has 0 radical (unpaired) electrons. The van der Waals surface area contributed by atoms with Gasteiger partial charge in [0, 0.05) is 17.1 Å². The molecule has 4 nitrogen and oxygen atoms in total. The Morgan fingerprint density at radius 3 is 2.47 bits per heavy atom. The van der Waals surface area contributed by atoms with Gasteiger partial charge in [-0.25, -0.2) is 0 Å². The smallest absolute Gasteiger partial charge is 0.293 e. The molecule has 0 aromatic heterocycles. The summed E-state index contributed by atoms with van der Waals surface area (Å²) in [5, 5.41) is 14.4. The van der Waals surface area contributed by atoms with Crippen LogP contribution in [0.1, 0.15) is 25.7 Å². The van der Waals surface area contributed by atoms with Crippen molar-refractivity contribution in [1.29, 1.82) is 0 Å². The van der Waals surface area contributed by atoms with Gasteiger partial charge in [0.15, 0.2) is 0 Å². The van der Waals surface area contributed by atoms with E-state index in [0.29, 0.717) is 11.6 Å². The van der Waals surface area contributed by atoms with Crippen molar-refractivity contribution in [2.75, 3.05) is 11.9 Å². The first kappa shape index (κ1) is 12.9. The Kier molecular flexibility index (Phi) is 3.48. The van der Waals surface area contributed by atoms with E-state index in [0.717, 1.165) is 22.9 Å². The van der Waals surface area contributed by atoms with Gasteiger partial charge in [0.05, 0.1) is 4.92 Å². The average molecular weight is 325 g/mol. The first-order chi connectivity index (χ1) is 9.15. The summed E-state index contributed by atoms with van der Waals surface area (Å²) >= 11 is 3.28. The summed E-state index contributed by atoms with van der Waals surface area (Å²) in [4.78, 5) is 10.7. The predicted octanol–water partition coefficient (Wildman–Crippen LogP) is 4.21. The highest BCUT2D eigenvalue weighted by Gasteiger charge is 2.41. The molecule has 1 aromatic carbocycles. The van der Waals surface area contributed by atoms with Crippen molar-refractivity contribution in [2.45, 2.75) is 25.7 Å². The van der Waals surface area contributed by atoms with Crippen LogP contribution < -0.4 is 5.32 Å². The molecule has 3 rings (SSSR count). The third kappa shape index (κ3) is 3.08. The summed E-state index contributed by atoms with van der Waals surface area (Å²) in [6.45, 7) is 0.873. The highest BCUT2D eigenvalue weighted by Crippen LogP contribution is 2.49. The molecule has 0 atom stereocenters. The number of hydrogen-bond acceptors (Lipinski definition) is 3. The fourth-order valence-corrected chi connectivity index (χ4v) is 3.15. The van der Waals surface area contributed by atoms with Crippen molar-refractivity contribution in [3.8, 4) is 0 Å². The van der Waals surface area contributed by atoms with Gasteiger partial charge in [-0.15, -0.1) is 0 Å². The Morgan fingerprint density at radius 2 is 1.95 bits per heavy atom. The molecule has 0 unspecified atom stereocenters. The summed E-state index contributed by atoms with van der Waals surface area (Å²) in [6.07, 6.45) is 5.35. The first-order valence-corrected chi connectivity index (χ1v) is 7.62. The minimum atomic E-state index is -0.323. The topological polar surface area (TPSA) is 55.2 Å². The third-order valence-corrected chi connectivity index (χ3v) is 4.63. The maximum atomic E-state index is 11.1. The predicted molar refractivity (Wildman–Crippen MR) is 78.2 cm³/mol. The number of anilines is 1. The van der Waals surface area contributed by atoms with E-state index >= 15 is 0 Å². The number of nitro groups is 1. The standard InChI is InChI=1S/C14H17BrN2O2/c15-11-5-6-13(14(7-11)17(18)19)16-8-12(9-1-2-9)10-3-4-10/h5-7,9-10,12,16H,1-4,8H2. The van der Waals surface area contributed by atoms with E-state index < -0.39 is 0 Å². The Morgan fingerprint density at radius 1 is 1.32 bits per heavy atom. The van der Waals surface area contributed by atoms with E-state index in [1.807, 2.05) is 6.07 Å². The minimum absolute atomic E-state index is 0.153. The van der Waals surface area contributed by atoms with Gasteiger partial charge in [0.25, 0.3) is 5.69 Å². The zero-order valence-electron chi connectivity index (χ0n) is 10.6. The molecular weight excluding hydrogens is 308 g/mol. The zero-order chi connectivity index (χ0) is 13.4. The van der Waals surface area contributed by atoms with E-state index in [4.69, 9.17) is 0 Å². The van der Waals surface area contributed by atoms with Crippen molar-refractivity contribution in [3.05, 3.63) is 32.8 Å². The second-order valence-electron chi connectivity index (χ2n) is 5.64. The van der Waals surface area contributed by atoms with E-state index in [2.05, 4.69) is 21.2 Å². The van der Waals surface area contributed by atoms with Crippen LogP contribution in [0.5, 0.6) is 0 Å². The van der Waals surface area contributed by atoms with E-state index in [9.17, 15) is 10.1 Å². The number of nitrogens with zero attached hydrogens (tertiary/aromatic N) is 1. The molecule has 5 heteroatoms. The van der Waals surface area contributed by atoms with Crippen LogP contribution in [0.4, 0.5) is 11.4 Å². The molecule has 1 N–H and O–H groups in total. The number of benzene rings is 1. The molecule has 2 saturated carbocycles. The number of hydrogen-bond donors (Lipinski definition) is 1. The highest BCUT2D eigenvalue weighted by atomic mass is 79.9. The van der Waals surface area contributed by atoms with Crippen LogP contribution in [-0.2, 0) is 0 Å². The summed E-state index contributed by atoms with van der Waals surface area (Å²) in [7, 11) is 0. The van der Waals surface area contributed by atoms with E-state index in [1.54, 1.807) is 12.1 Å². The quantitative estimate of drug-likeness (QED) is 0.630. The third-order valence-electron chi connectivity index (χ3n) is 4.14. The SMILES string of the molecule is O=[N+]([O-])c1cc(Br)ccc1NCC(C1CC1)C1CC1. The molecule has 2 aliphatic rings. The molecule has 0 bridgehead atoms. The monoisotopic (exact) mass is 324 g/mol. The largest absolute Gasteiger partial charge is 0.379 e. The molecule has 1 aromatic rings. The lowest BCUT2D eigenvalue weighted by atomic mass is 9.98. The summed E-state index contributed by atoms with van der Waals surface area (Å²) in [6, 6.07) is 5.20. The van der Waals surface area contributed by atoms with Crippen LogP contribution >= 0.6 is 15.9 Å². The number of rotatable bonds is 6. The van der Waals surface area contributed by atoms with Gasteiger partial charge >= 0.3 is 0 Å². The lowest BCUT2D eigenvalue weighted by Gasteiger charge is -2.17. The summed E-state index contributed by atoms with van der Waals surface area (Å²) in [5.41, 5.74) is 0.791. The van der Waals surface area contributed by atoms with Gasteiger partial charge in [-0.05, 0) is 55.6 Å². The van der Waals surface area contributed by atoms with E-state index in [1.165, 1.54) is 25.7 Å². The Hall–Kier alpha value is -1.10. The highest BCUT2D eigenvalue weighted by molar-refractivity contribution is 9.10. The van der Waals surface area contributed by atoms with Crippen LogP contribution in [0, 0.1) is 27.9 Å². The van der Waals surface area contributed by atoms with Gasteiger partial charge < -0.3 is 5.32 Å². The van der Waals surface area contributed by atoms with Gasteiger partial charge in [-0.2, -0.15) is 0 Å². The van der Waals surface area contributed by atoms with Crippen LogP contribution in [0.15, 0.2) is 22.7 Å². The molecule has 19 heavy (non-hydrogen) atoms. The minimum Gasteiger partial charge on any atom is -0.379 e. The number of nitro benzene ring substituents is 1. The molecule has 2 aliphatic carbocycles. The molecule has 102 valence electrons. The second kappa shape index (κ2) is 5.12. The van der Waals surface area contributed by atoms with Crippen molar-refractivity contribution in [1.82, 2.24) is 0 Å². The molecule has 0 saturated heterocycles. The summed E-state index contributed by atoms with van der Waals surface area (Å²) in [5.74, 6) is 2.42. The molecule has 0 spiro atoms. The van der Waals surface area contributed by atoms with Gasteiger partial charge in [0.1, 0.15) is 5.69 Å².